The van der Waals surface area contributed by atoms with Crippen molar-refractivity contribution < 1.29 is 9.59 Å². The molecule has 0 aliphatic carbocycles. The Bertz CT molecular complexity index is 968. The van der Waals surface area contributed by atoms with E-state index in [1.807, 2.05) is 55.5 Å². The third-order valence-corrected chi connectivity index (χ3v) is 6.46. The predicted octanol–water partition coefficient (Wildman–Crippen LogP) is 4.40. The van der Waals surface area contributed by atoms with Gasteiger partial charge in [-0.3, -0.25) is 14.5 Å². The molecule has 2 amide bonds. The van der Waals surface area contributed by atoms with E-state index in [-0.39, 0.29) is 16.7 Å². The lowest BCUT2D eigenvalue weighted by molar-refractivity contribution is -0.117. The molecule has 1 saturated heterocycles. The maximum absolute atomic E-state index is 12.9. The average Bonchev–Trinajstić information content (AvgIpc) is 3.06. The number of nitrogens with zero attached hydrogens (tertiary/aromatic N) is 2. The second kappa shape index (κ2) is 9.77. The van der Waals surface area contributed by atoms with Gasteiger partial charge in [0.15, 0.2) is 0 Å². The quantitative estimate of drug-likeness (QED) is 0.502. The fraction of sp³-hybridized carbons (Fsp3) is 0.227. The first-order valence-electron chi connectivity index (χ1n) is 9.27. The number of benzene rings is 2. The molecule has 0 spiro atoms. The molecule has 1 atom stereocenters. The van der Waals surface area contributed by atoms with Crippen LogP contribution in [0.2, 0.25) is 0 Å². The molecule has 1 N–H and O–H groups in total. The van der Waals surface area contributed by atoms with Crippen LogP contribution >= 0.6 is 27.7 Å². The van der Waals surface area contributed by atoms with Gasteiger partial charge in [0, 0.05) is 16.7 Å². The van der Waals surface area contributed by atoms with Crippen molar-refractivity contribution in [3.8, 4) is 6.07 Å². The van der Waals surface area contributed by atoms with Crippen molar-refractivity contribution in [1.82, 2.24) is 5.32 Å². The normalized spacial score (nSPS) is 17.8. The second-order valence-electron chi connectivity index (χ2n) is 6.45. The Morgan fingerprint density at radius 2 is 1.90 bits per heavy atom. The molecular formula is C22H20BrN3O2S. The van der Waals surface area contributed by atoms with Gasteiger partial charge in [0.1, 0.15) is 16.7 Å². The molecular weight excluding hydrogens is 450 g/mol. The first kappa shape index (κ1) is 21.2. The summed E-state index contributed by atoms with van der Waals surface area (Å²) in [6.45, 7) is 2.33. The van der Waals surface area contributed by atoms with Crippen molar-refractivity contribution in [3.63, 3.8) is 0 Å². The summed E-state index contributed by atoms with van der Waals surface area (Å²) in [5.74, 6) is -0.572. The van der Waals surface area contributed by atoms with Gasteiger partial charge in [0.05, 0.1) is 5.25 Å². The molecule has 3 rings (SSSR count). The van der Waals surface area contributed by atoms with Crippen LogP contribution in [0, 0.1) is 11.3 Å². The smallest absolute Gasteiger partial charge is 0.264 e. The summed E-state index contributed by atoms with van der Waals surface area (Å²) in [5.41, 5.74) is 1.71. The highest BCUT2D eigenvalue weighted by molar-refractivity contribution is 9.10. The molecule has 0 radical (unpaired) electrons. The maximum Gasteiger partial charge on any atom is 0.264 e. The Balaban J connectivity index is 1.84. The molecule has 1 aliphatic rings. The van der Waals surface area contributed by atoms with E-state index in [2.05, 4.69) is 21.2 Å². The van der Waals surface area contributed by atoms with Crippen LogP contribution in [0.25, 0.3) is 0 Å². The lowest BCUT2D eigenvalue weighted by atomic mass is 10.1. The highest BCUT2D eigenvalue weighted by Crippen LogP contribution is 2.41. The number of hydrogen-bond acceptors (Lipinski definition) is 4. The van der Waals surface area contributed by atoms with Crippen molar-refractivity contribution in [3.05, 3.63) is 75.2 Å². The van der Waals surface area contributed by atoms with E-state index in [1.54, 1.807) is 12.1 Å². The number of nitriles is 1. The number of amides is 2. The van der Waals surface area contributed by atoms with Crippen LogP contribution in [0.3, 0.4) is 0 Å². The summed E-state index contributed by atoms with van der Waals surface area (Å²) in [6.07, 6.45) is 1.29. The number of rotatable bonds is 6. The summed E-state index contributed by atoms with van der Waals surface area (Å²) < 4.78 is 0.886. The number of anilines is 1. The molecule has 29 heavy (non-hydrogen) atoms. The van der Waals surface area contributed by atoms with E-state index < -0.39 is 5.91 Å². The summed E-state index contributed by atoms with van der Waals surface area (Å²) in [5, 5.41) is 12.6. The minimum absolute atomic E-state index is 0.0321. The van der Waals surface area contributed by atoms with Gasteiger partial charge < -0.3 is 5.32 Å². The average molecular weight is 470 g/mol. The third kappa shape index (κ3) is 4.89. The van der Waals surface area contributed by atoms with E-state index in [0.29, 0.717) is 30.1 Å². The van der Waals surface area contributed by atoms with Gasteiger partial charge in [-0.05, 0) is 42.7 Å². The number of nitrogens with one attached hydrogen (secondary N) is 1. The predicted molar refractivity (Wildman–Crippen MR) is 119 cm³/mol. The summed E-state index contributed by atoms with van der Waals surface area (Å²) >= 11 is 4.66. The summed E-state index contributed by atoms with van der Waals surface area (Å²) in [6, 6.07) is 19.1. The zero-order valence-electron chi connectivity index (χ0n) is 15.9. The summed E-state index contributed by atoms with van der Waals surface area (Å²) in [7, 11) is 0. The van der Waals surface area contributed by atoms with Gasteiger partial charge in [0.2, 0.25) is 5.91 Å². The highest BCUT2D eigenvalue weighted by atomic mass is 79.9. The van der Waals surface area contributed by atoms with E-state index in [1.165, 1.54) is 16.7 Å². The number of carbonyl (C=O) groups is 2. The SMILES string of the molecule is CCC1S/C(=C(\C#N)C(=O)NCCc2ccccc2)N(c2ccc(Br)cc2)C1=O. The molecule has 7 heteroatoms. The van der Waals surface area contributed by atoms with Crippen molar-refractivity contribution in [2.45, 2.75) is 25.0 Å². The maximum atomic E-state index is 12.9. The van der Waals surface area contributed by atoms with E-state index in [9.17, 15) is 14.9 Å². The first-order chi connectivity index (χ1) is 14.0. The van der Waals surface area contributed by atoms with Crippen molar-refractivity contribution in [2.75, 3.05) is 11.4 Å². The number of thioether (sulfide) groups is 1. The minimum atomic E-state index is -0.461. The molecule has 1 heterocycles. The fourth-order valence-corrected chi connectivity index (χ4v) is 4.46. The zero-order valence-corrected chi connectivity index (χ0v) is 18.3. The van der Waals surface area contributed by atoms with Gasteiger partial charge in [-0.25, -0.2) is 0 Å². The van der Waals surface area contributed by atoms with Gasteiger partial charge in [-0.1, -0.05) is 64.9 Å². The fourth-order valence-electron chi connectivity index (χ4n) is 2.99. The van der Waals surface area contributed by atoms with E-state index in [4.69, 9.17) is 0 Å². The van der Waals surface area contributed by atoms with Gasteiger partial charge >= 0.3 is 0 Å². The molecule has 1 aliphatic heterocycles. The van der Waals surface area contributed by atoms with Gasteiger partial charge in [-0.2, -0.15) is 5.26 Å². The number of carbonyl (C=O) groups excluding carboxylic acids is 2. The van der Waals surface area contributed by atoms with Gasteiger partial charge in [0.25, 0.3) is 5.91 Å². The van der Waals surface area contributed by atoms with Crippen LogP contribution in [0.15, 0.2) is 69.7 Å². The largest absolute Gasteiger partial charge is 0.351 e. The highest BCUT2D eigenvalue weighted by Gasteiger charge is 2.39. The molecule has 5 nitrogen and oxygen atoms in total. The molecule has 0 aromatic heterocycles. The Labute approximate surface area is 182 Å². The molecule has 148 valence electrons. The lowest BCUT2D eigenvalue weighted by Crippen LogP contribution is -2.32. The molecule has 0 saturated carbocycles. The second-order valence-corrected chi connectivity index (χ2v) is 8.56. The Morgan fingerprint density at radius 3 is 2.52 bits per heavy atom. The number of halogens is 1. The third-order valence-electron chi connectivity index (χ3n) is 4.50. The van der Waals surface area contributed by atoms with E-state index >= 15 is 0 Å². The topological polar surface area (TPSA) is 73.2 Å². The molecule has 0 bridgehead atoms. The van der Waals surface area contributed by atoms with Crippen molar-refractivity contribution in [1.29, 1.82) is 5.26 Å². The molecule has 1 fully saturated rings. The van der Waals surface area contributed by atoms with Crippen LogP contribution < -0.4 is 10.2 Å². The number of hydrogen-bond donors (Lipinski definition) is 1. The first-order valence-corrected chi connectivity index (χ1v) is 10.9. The van der Waals surface area contributed by atoms with Crippen LogP contribution in [-0.2, 0) is 16.0 Å². The van der Waals surface area contributed by atoms with E-state index in [0.717, 1.165) is 10.0 Å². The Morgan fingerprint density at radius 1 is 1.21 bits per heavy atom. The van der Waals surface area contributed by atoms with Crippen LogP contribution in [-0.4, -0.2) is 23.6 Å². The van der Waals surface area contributed by atoms with Crippen LogP contribution in [0.1, 0.15) is 18.9 Å². The van der Waals surface area contributed by atoms with Crippen LogP contribution in [0.4, 0.5) is 5.69 Å². The standard InChI is InChI=1S/C22H20BrN3O2S/c1-2-19-21(28)26(17-10-8-16(23)9-11-17)22(29-19)18(14-24)20(27)25-13-12-15-6-4-3-5-7-15/h3-11,19H,2,12-13H2,1H3,(H,25,27)/b22-18+. The summed E-state index contributed by atoms with van der Waals surface area (Å²) in [4.78, 5) is 27.1. The lowest BCUT2D eigenvalue weighted by Gasteiger charge is -2.18. The monoisotopic (exact) mass is 469 g/mol. The van der Waals surface area contributed by atoms with Crippen LogP contribution in [0.5, 0.6) is 0 Å². The molecule has 1 unspecified atom stereocenters. The molecule has 2 aromatic carbocycles. The molecule has 2 aromatic rings. The van der Waals surface area contributed by atoms with Gasteiger partial charge in [-0.15, -0.1) is 0 Å². The minimum Gasteiger partial charge on any atom is -0.351 e. The Kier molecular flexibility index (Phi) is 7.13. The Hall–Kier alpha value is -2.56. The zero-order chi connectivity index (χ0) is 20.8. The van der Waals surface area contributed by atoms with Crippen molar-refractivity contribution >= 4 is 45.2 Å². The van der Waals surface area contributed by atoms with Crippen molar-refractivity contribution in [2.24, 2.45) is 0 Å².